The van der Waals surface area contributed by atoms with E-state index in [-0.39, 0.29) is 22.9 Å². The van der Waals surface area contributed by atoms with Gasteiger partial charge in [-0.2, -0.15) is 5.10 Å². The van der Waals surface area contributed by atoms with Crippen molar-refractivity contribution >= 4 is 40.7 Å². The fourth-order valence-corrected chi connectivity index (χ4v) is 2.94. The summed E-state index contributed by atoms with van der Waals surface area (Å²) in [7, 11) is 1.17. The van der Waals surface area contributed by atoms with E-state index in [0.717, 1.165) is 6.07 Å². The number of amidine groups is 1. The Labute approximate surface area is 168 Å². The molecule has 1 heterocycles. The van der Waals surface area contributed by atoms with Gasteiger partial charge in [-0.05, 0) is 18.2 Å². The highest BCUT2D eigenvalue weighted by Crippen LogP contribution is 2.30. The van der Waals surface area contributed by atoms with Gasteiger partial charge in [-0.15, -0.1) is 5.10 Å². The second kappa shape index (κ2) is 8.97. The van der Waals surface area contributed by atoms with Crippen LogP contribution in [0.25, 0.3) is 0 Å². The molecule has 1 aliphatic heterocycles. The number of hydrogen-bond donors (Lipinski definition) is 1. The van der Waals surface area contributed by atoms with Crippen LogP contribution in [0, 0.1) is 10.1 Å². The summed E-state index contributed by atoms with van der Waals surface area (Å²) in [6.45, 7) is 0. The van der Waals surface area contributed by atoms with E-state index < -0.39 is 10.9 Å². The van der Waals surface area contributed by atoms with E-state index in [1.54, 1.807) is 24.3 Å². The highest BCUT2D eigenvalue weighted by atomic mass is 32.2. The first-order valence-electron chi connectivity index (χ1n) is 8.15. The molecular formula is C18H14N4O6S. The molecule has 2 aromatic rings. The van der Waals surface area contributed by atoms with Crippen molar-refractivity contribution in [2.24, 2.45) is 10.2 Å². The fraction of sp³-hybridized carbons (Fsp3) is 0.111. The van der Waals surface area contributed by atoms with Crippen LogP contribution >= 0.6 is 11.8 Å². The average Bonchev–Trinajstić information content (AvgIpc) is 3.13. The lowest BCUT2D eigenvalue weighted by Crippen LogP contribution is -2.19. The van der Waals surface area contributed by atoms with Crippen molar-refractivity contribution in [1.29, 1.82) is 0 Å². The maximum absolute atomic E-state index is 12.0. The molecule has 29 heavy (non-hydrogen) atoms. The molecule has 0 saturated carbocycles. The molecule has 0 spiro atoms. The van der Waals surface area contributed by atoms with Gasteiger partial charge in [0.2, 0.25) is 5.91 Å². The summed E-state index contributed by atoms with van der Waals surface area (Å²) in [4.78, 5) is 33.6. The molecule has 0 aliphatic carbocycles. The number of thioether (sulfide) groups is 1. The van der Waals surface area contributed by atoms with Crippen molar-refractivity contribution in [3.63, 3.8) is 0 Å². The Bertz CT molecular complexity index is 1040. The van der Waals surface area contributed by atoms with Gasteiger partial charge >= 0.3 is 5.97 Å². The number of methoxy groups -OCH3 is 1. The first-order chi connectivity index (χ1) is 14.0. The number of hydrogen-bond acceptors (Lipinski definition) is 9. The van der Waals surface area contributed by atoms with Gasteiger partial charge in [0.25, 0.3) is 5.69 Å². The van der Waals surface area contributed by atoms with Gasteiger partial charge in [0.1, 0.15) is 17.1 Å². The van der Waals surface area contributed by atoms with E-state index in [9.17, 15) is 19.7 Å². The standard InChI is InChI=1S/C18H14N4O6S/c1-27-17(24)13-8-12(22(25)26)6-7-15(13)28-14-5-3-2-4-11(14)9-19-21-18-20-16(23)10-29-18/h2-9H,10H2,1H3,(H,20,21,23). The summed E-state index contributed by atoms with van der Waals surface area (Å²) in [5.41, 5.74) is 0.193. The smallest absolute Gasteiger partial charge is 0.341 e. The molecule has 3 rings (SSSR count). The van der Waals surface area contributed by atoms with Gasteiger partial charge in [0, 0.05) is 17.7 Å². The third-order valence-electron chi connectivity index (χ3n) is 3.65. The van der Waals surface area contributed by atoms with Gasteiger partial charge in [-0.25, -0.2) is 4.79 Å². The maximum Gasteiger partial charge on any atom is 0.341 e. The molecule has 10 nitrogen and oxygen atoms in total. The number of amides is 1. The van der Waals surface area contributed by atoms with Crippen LogP contribution in [-0.4, -0.2) is 41.0 Å². The molecule has 0 bridgehead atoms. The van der Waals surface area contributed by atoms with E-state index >= 15 is 0 Å². The Balaban J connectivity index is 1.88. The summed E-state index contributed by atoms with van der Waals surface area (Å²) < 4.78 is 10.5. The number of carbonyl (C=O) groups excluding carboxylic acids is 2. The number of rotatable bonds is 6. The molecule has 1 fully saturated rings. The van der Waals surface area contributed by atoms with Crippen LogP contribution in [0.4, 0.5) is 5.69 Å². The van der Waals surface area contributed by atoms with Crippen LogP contribution in [0.3, 0.4) is 0 Å². The second-order valence-electron chi connectivity index (χ2n) is 5.56. The molecule has 1 amide bonds. The average molecular weight is 414 g/mol. The van der Waals surface area contributed by atoms with Crippen LogP contribution in [0.1, 0.15) is 15.9 Å². The summed E-state index contributed by atoms with van der Waals surface area (Å²) in [5.74, 6) is -0.173. The third kappa shape index (κ3) is 4.96. The number of carbonyl (C=O) groups is 2. The van der Waals surface area contributed by atoms with Crippen molar-refractivity contribution in [2.75, 3.05) is 12.9 Å². The largest absolute Gasteiger partial charge is 0.465 e. The van der Waals surface area contributed by atoms with Crippen molar-refractivity contribution in [3.8, 4) is 11.5 Å². The van der Waals surface area contributed by atoms with Crippen molar-refractivity contribution in [2.45, 2.75) is 0 Å². The molecule has 1 saturated heterocycles. The van der Waals surface area contributed by atoms with E-state index in [4.69, 9.17) is 4.74 Å². The Morgan fingerprint density at radius 1 is 1.28 bits per heavy atom. The summed E-state index contributed by atoms with van der Waals surface area (Å²) in [5, 5.41) is 21.8. The lowest BCUT2D eigenvalue weighted by molar-refractivity contribution is -0.384. The quantitative estimate of drug-likeness (QED) is 0.332. The normalized spacial score (nSPS) is 14.8. The SMILES string of the molecule is COC(=O)c1cc([N+](=O)[O-])ccc1Oc1ccccc1C=NN=C1NC(=O)CS1. The van der Waals surface area contributed by atoms with Crippen LogP contribution in [0.5, 0.6) is 11.5 Å². The molecule has 0 radical (unpaired) electrons. The number of para-hydroxylation sites is 1. The number of nitro groups is 1. The minimum absolute atomic E-state index is 0.0845. The van der Waals surface area contributed by atoms with Crippen LogP contribution in [-0.2, 0) is 9.53 Å². The van der Waals surface area contributed by atoms with Crippen molar-refractivity contribution in [3.05, 3.63) is 63.7 Å². The topological polar surface area (TPSA) is 132 Å². The maximum atomic E-state index is 12.0. The number of nitrogens with one attached hydrogen (secondary N) is 1. The monoisotopic (exact) mass is 414 g/mol. The summed E-state index contributed by atoms with van der Waals surface area (Å²) >= 11 is 1.24. The van der Waals surface area contributed by atoms with E-state index in [1.165, 1.54) is 37.2 Å². The van der Waals surface area contributed by atoms with Crippen molar-refractivity contribution < 1.29 is 24.0 Å². The molecule has 1 N–H and O–H groups in total. The first kappa shape index (κ1) is 20.0. The number of esters is 1. The predicted octanol–water partition coefficient (Wildman–Crippen LogP) is 2.73. The van der Waals surface area contributed by atoms with Gasteiger partial charge in [0.05, 0.1) is 24.0 Å². The third-order valence-corrected chi connectivity index (χ3v) is 4.51. The predicted molar refractivity (Wildman–Crippen MR) is 107 cm³/mol. The number of nitro benzene ring substituents is 1. The van der Waals surface area contributed by atoms with Crippen molar-refractivity contribution in [1.82, 2.24) is 5.32 Å². The van der Waals surface area contributed by atoms with Gasteiger partial charge in [-0.3, -0.25) is 14.9 Å². The van der Waals surface area contributed by atoms with Crippen LogP contribution in [0.2, 0.25) is 0 Å². The van der Waals surface area contributed by atoms with Gasteiger partial charge in [0.15, 0.2) is 5.17 Å². The number of ether oxygens (including phenoxy) is 2. The molecular weight excluding hydrogens is 400 g/mol. The summed E-state index contributed by atoms with van der Waals surface area (Å²) in [6, 6.07) is 10.5. The summed E-state index contributed by atoms with van der Waals surface area (Å²) in [6.07, 6.45) is 1.43. The second-order valence-corrected chi connectivity index (χ2v) is 6.52. The van der Waals surface area contributed by atoms with Crippen LogP contribution in [0.15, 0.2) is 52.7 Å². The zero-order chi connectivity index (χ0) is 20.8. The molecule has 0 aromatic heterocycles. The lowest BCUT2D eigenvalue weighted by atomic mass is 10.1. The van der Waals surface area contributed by atoms with E-state index in [2.05, 4.69) is 20.3 Å². The molecule has 0 atom stereocenters. The first-order valence-corrected chi connectivity index (χ1v) is 9.14. The number of nitrogens with zero attached hydrogens (tertiary/aromatic N) is 3. The number of benzene rings is 2. The Morgan fingerprint density at radius 3 is 2.76 bits per heavy atom. The Kier molecular flexibility index (Phi) is 6.19. The molecule has 2 aromatic carbocycles. The minimum atomic E-state index is -0.768. The number of non-ortho nitro benzene ring substituents is 1. The zero-order valence-corrected chi connectivity index (χ0v) is 15.8. The minimum Gasteiger partial charge on any atom is -0.465 e. The Morgan fingerprint density at radius 2 is 2.07 bits per heavy atom. The molecule has 0 unspecified atom stereocenters. The fourth-order valence-electron chi connectivity index (χ4n) is 2.31. The zero-order valence-electron chi connectivity index (χ0n) is 15.0. The molecule has 1 aliphatic rings. The van der Waals surface area contributed by atoms with Gasteiger partial charge in [-0.1, -0.05) is 23.9 Å². The highest BCUT2D eigenvalue weighted by Gasteiger charge is 2.20. The lowest BCUT2D eigenvalue weighted by Gasteiger charge is -2.11. The van der Waals surface area contributed by atoms with E-state index in [1.807, 2.05) is 0 Å². The van der Waals surface area contributed by atoms with Gasteiger partial charge < -0.3 is 14.8 Å². The molecule has 148 valence electrons. The molecule has 11 heteroatoms. The Hall–Kier alpha value is -3.73. The van der Waals surface area contributed by atoms with Crippen LogP contribution < -0.4 is 10.1 Å². The van der Waals surface area contributed by atoms with E-state index in [0.29, 0.717) is 22.2 Å². The highest BCUT2D eigenvalue weighted by molar-refractivity contribution is 8.15.